The molecule has 0 aliphatic carbocycles. The van der Waals surface area contributed by atoms with Crippen LogP contribution in [0.4, 0.5) is 4.79 Å². The molecule has 1 fully saturated rings. The Bertz CT molecular complexity index is 182. The van der Waals surface area contributed by atoms with E-state index in [9.17, 15) is 4.79 Å². The van der Waals surface area contributed by atoms with Crippen LogP contribution < -0.4 is 10.6 Å². The lowest BCUT2D eigenvalue weighted by Gasteiger charge is -2.31. The van der Waals surface area contributed by atoms with Gasteiger partial charge in [-0.1, -0.05) is 6.92 Å². The van der Waals surface area contributed by atoms with Crippen LogP contribution in [0.25, 0.3) is 0 Å². The SMILES string of the molecule is CC1CNCCC1NC(=O)N(C)C. The molecule has 1 saturated heterocycles. The molecule has 1 heterocycles. The number of nitrogens with one attached hydrogen (secondary N) is 2. The van der Waals surface area contributed by atoms with Gasteiger partial charge in [0.2, 0.25) is 0 Å². The summed E-state index contributed by atoms with van der Waals surface area (Å²) in [5, 5.41) is 6.32. The number of nitrogens with zero attached hydrogens (tertiary/aromatic N) is 1. The van der Waals surface area contributed by atoms with Crippen molar-refractivity contribution in [1.82, 2.24) is 15.5 Å². The zero-order valence-electron chi connectivity index (χ0n) is 8.63. The summed E-state index contributed by atoms with van der Waals surface area (Å²) in [6.45, 7) is 4.16. The van der Waals surface area contributed by atoms with Crippen LogP contribution >= 0.6 is 0 Å². The van der Waals surface area contributed by atoms with E-state index in [1.165, 1.54) is 0 Å². The fourth-order valence-corrected chi connectivity index (χ4v) is 1.52. The van der Waals surface area contributed by atoms with Gasteiger partial charge in [0, 0.05) is 20.1 Å². The summed E-state index contributed by atoms with van der Waals surface area (Å²) in [7, 11) is 3.53. The van der Waals surface area contributed by atoms with Crippen LogP contribution in [-0.2, 0) is 0 Å². The van der Waals surface area contributed by atoms with Gasteiger partial charge in [0.1, 0.15) is 0 Å². The Balaban J connectivity index is 2.38. The summed E-state index contributed by atoms with van der Waals surface area (Å²) >= 11 is 0. The highest BCUT2D eigenvalue weighted by molar-refractivity contribution is 5.73. The van der Waals surface area contributed by atoms with Crippen LogP contribution in [0.5, 0.6) is 0 Å². The smallest absolute Gasteiger partial charge is 0.317 e. The predicted molar refractivity (Wildman–Crippen MR) is 52.7 cm³/mol. The first-order chi connectivity index (χ1) is 6.11. The highest BCUT2D eigenvalue weighted by Gasteiger charge is 2.22. The normalized spacial score (nSPS) is 28.2. The molecule has 2 unspecified atom stereocenters. The molecule has 0 radical (unpaired) electrons. The molecule has 13 heavy (non-hydrogen) atoms. The van der Waals surface area contributed by atoms with E-state index in [0.29, 0.717) is 12.0 Å². The highest BCUT2D eigenvalue weighted by Crippen LogP contribution is 2.10. The lowest BCUT2D eigenvalue weighted by atomic mass is 9.95. The average Bonchev–Trinajstić information content (AvgIpc) is 2.08. The highest BCUT2D eigenvalue weighted by atomic mass is 16.2. The van der Waals surface area contributed by atoms with Crippen LogP contribution in [0.3, 0.4) is 0 Å². The summed E-state index contributed by atoms with van der Waals surface area (Å²) in [6, 6.07) is 0.343. The second-order valence-electron chi connectivity index (χ2n) is 3.92. The first-order valence-corrected chi connectivity index (χ1v) is 4.80. The van der Waals surface area contributed by atoms with Crippen molar-refractivity contribution >= 4 is 6.03 Å². The molecule has 0 bridgehead atoms. The average molecular weight is 185 g/mol. The monoisotopic (exact) mass is 185 g/mol. The Labute approximate surface area is 79.7 Å². The number of carbonyl (C=O) groups excluding carboxylic acids is 1. The Hall–Kier alpha value is -0.770. The lowest BCUT2D eigenvalue weighted by Crippen LogP contribution is -2.50. The number of amides is 2. The van der Waals surface area contributed by atoms with Crippen LogP contribution in [0.15, 0.2) is 0 Å². The van der Waals surface area contributed by atoms with Gasteiger partial charge >= 0.3 is 6.03 Å². The van der Waals surface area contributed by atoms with Crippen molar-refractivity contribution in [2.45, 2.75) is 19.4 Å². The van der Waals surface area contributed by atoms with Gasteiger partial charge in [-0.2, -0.15) is 0 Å². The van der Waals surface area contributed by atoms with Crippen LogP contribution in [0.1, 0.15) is 13.3 Å². The number of carbonyl (C=O) groups is 1. The topological polar surface area (TPSA) is 44.4 Å². The van der Waals surface area contributed by atoms with Crippen molar-refractivity contribution in [2.24, 2.45) is 5.92 Å². The molecule has 76 valence electrons. The molecule has 0 saturated carbocycles. The molecule has 2 amide bonds. The van der Waals surface area contributed by atoms with Crippen molar-refractivity contribution in [3.05, 3.63) is 0 Å². The number of urea groups is 1. The Kier molecular flexibility index (Phi) is 3.54. The molecule has 0 aromatic carbocycles. The van der Waals surface area contributed by atoms with E-state index in [1.807, 2.05) is 0 Å². The standard InChI is InChI=1S/C9H19N3O/c1-7-6-10-5-4-8(7)11-9(13)12(2)3/h7-8,10H,4-6H2,1-3H3,(H,11,13). The Morgan fingerprint density at radius 2 is 2.23 bits per heavy atom. The van der Waals surface area contributed by atoms with E-state index in [1.54, 1.807) is 19.0 Å². The van der Waals surface area contributed by atoms with E-state index in [0.717, 1.165) is 19.5 Å². The van der Waals surface area contributed by atoms with Crippen molar-refractivity contribution in [2.75, 3.05) is 27.2 Å². The molecule has 2 N–H and O–H groups in total. The third-order valence-electron chi connectivity index (χ3n) is 2.50. The summed E-state index contributed by atoms with van der Waals surface area (Å²) in [5.41, 5.74) is 0. The van der Waals surface area contributed by atoms with E-state index in [4.69, 9.17) is 0 Å². The van der Waals surface area contributed by atoms with Crippen molar-refractivity contribution < 1.29 is 4.79 Å². The number of rotatable bonds is 1. The van der Waals surface area contributed by atoms with Gasteiger partial charge in [-0.3, -0.25) is 0 Å². The van der Waals surface area contributed by atoms with Crippen molar-refractivity contribution in [3.63, 3.8) is 0 Å². The molecular formula is C9H19N3O. The minimum atomic E-state index is 0.0127. The molecule has 2 atom stereocenters. The predicted octanol–water partition coefficient (Wildman–Crippen LogP) is 0.256. The minimum absolute atomic E-state index is 0.0127. The molecule has 1 aliphatic rings. The third kappa shape index (κ3) is 2.88. The van der Waals surface area contributed by atoms with E-state index >= 15 is 0 Å². The zero-order valence-corrected chi connectivity index (χ0v) is 8.63. The molecule has 1 aliphatic heterocycles. The number of hydrogen-bond acceptors (Lipinski definition) is 2. The second-order valence-corrected chi connectivity index (χ2v) is 3.92. The summed E-state index contributed by atoms with van der Waals surface area (Å²) in [5.74, 6) is 0.526. The quantitative estimate of drug-likeness (QED) is 0.615. The van der Waals surface area contributed by atoms with Crippen molar-refractivity contribution in [1.29, 1.82) is 0 Å². The maximum atomic E-state index is 11.4. The van der Waals surface area contributed by atoms with E-state index in [-0.39, 0.29) is 6.03 Å². The molecule has 0 aromatic rings. The Morgan fingerprint density at radius 1 is 1.54 bits per heavy atom. The number of piperidine rings is 1. The first kappa shape index (κ1) is 10.3. The van der Waals surface area contributed by atoms with Gasteiger partial charge in [0.15, 0.2) is 0 Å². The van der Waals surface area contributed by atoms with E-state index in [2.05, 4.69) is 17.6 Å². The molecular weight excluding hydrogens is 166 g/mol. The lowest BCUT2D eigenvalue weighted by molar-refractivity contribution is 0.202. The maximum absolute atomic E-state index is 11.4. The van der Waals surface area contributed by atoms with Gasteiger partial charge in [-0.25, -0.2) is 4.79 Å². The number of hydrogen-bond donors (Lipinski definition) is 2. The molecule has 0 spiro atoms. The Morgan fingerprint density at radius 3 is 2.77 bits per heavy atom. The summed E-state index contributed by atoms with van der Waals surface area (Å²) in [6.07, 6.45) is 1.03. The molecule has 1 rings (SSSR count). The van der Waals surface area contributed by atoms with Gasteiger partial charge < -0.3 is 15.5 Å². The van der Waals surface area contributed by atoms with Gasteiger partial charge in [0.05, 0.1) is 0 Å². The summed E-state index contributed by atoms with van der Waals surface area (Å²) in [4.78, 5) is 12.9. The fraction of sp³-hybridized carbons (Fsp3) is 0.889. The summed E-state index contributed by atoms with van der Waals surface area (Å²) < 4.78 is 0. The van der Waals surface area contributed by atoms with Crippen molar-refractivity contribution in [3.8, 4) is 0 Å². The minimum Gasteiger partial charge on any atom is -0.335 e. The molecule has 0 aromatic heterocycles. The second kappa shape index (κ2) is 4.46. The van der Waals surface area contributed by atoms with E-state index < -0.39 is 0 Å². The fourth-order valence-electron chi connectivity index (χ4n) is 1.52. The third-order valence-corrected chi connectivity index (χ3v) is 2.50. The van der Waals surface area contributed by atoms with Gasteiger partial charge in [-0.15, -0.1) is 0 Å². The van der Waals surface area contributed by atoms with Crippen LogP contribution in [0.2, 0.25) is 0 Å². The van der Waals surface area contributed by atoms with Gasteiger partial charge in [-0.05, 0) is 25.4 Å². The first-order valence-electron chi connectivity index (χ1n) is 4.80. The molecule has 4 heteroatoms. The van der Waals surface area contributed by atoms with Gasteiger partial charge in [0.25, 0.3) is 0 Å². The molecule has 4 nitrogen and oxygen atoms in total. The van der Waals surface area contributed by atoms with Crippen LogP contribution in [0, 0.1) is 5.92 Å². The largest absolute Gasteiger partial charge is 0.335 e. The van der Waals surface area contributed by atoms with Crippen LogP contribution in [-0.4, -0.2) is 44.2 Å². The maximum Gasteiger partial charge on any atom is 0.317 e. The zero-order chi connectivity index (χ0) is 9.84.